The van der Waals surface area contributed by atoms with E-state index in [1.54, 1.807) is 23.9 Å². The number of aromatic nitrogens is 3. The minimum absolute atomic E-state index is 0. The van der Waals surface area contributed by atoms with Gasteiger partial charge in [-0.25, -0.2) is 4.39 Å². The van der Waals surface area contributed by atoms with Crippen LogP contribution in [0.1, 0.15) is 24.8 Å². The molecule has 3 rings (SSSR count). The number of aryl methyl sites for hydroxylation is 1. The Hall–Kier alpha value is -1.83. The van der Waals surface area contributed by atoms with E-state index in [1.165, 1.54) is 0 Å². The van der Waals surface area contributed by atoms with Crippen molar-refractivity contribution in [3.63, 3.8) is 0 Å². The molecule has 0 radical (unpaired) electrons. The van der Waals surface area contributed by atoms with Gasteiger partial charge >= 0.3 is 0 Å². The number of hydrogen-bond donors (Lipinski definition) is 2. The number of halogens is 3. The lowest BCUT2D eigenvalue weighted by Crippen LogP contribution is -2.23. The molecule has 3 aromatic heterocycles. The van der Waals surface area contributed by atoms with Gasteiger partial charge in [0.2, 0.25) is 5.28 Å². The van der Waals surface area contributed by atoms with E-state index in [0.717, 1.165) is 6.42 Å². The molecular weight excluding hydrogens is 368 g/mol. The predicted octanol–water partition coefficient (Wildman–Crippen LogP) is 3.67. The highest BCUT2D eigenvalue weighted by Crippen LogP contribution is 2.30. The SMILES string of the molecule is CC[C@H](N)Cc1c(F)c2c(NCc3ccco3)nc(Cl)nc2n1C.Cl. The Kier molecular flexibility index (Phi) is 6.26. The largest absolute Gasteiger partial charge is 0.467 e. The van der Waals surface area contributed by atoms with Crippen molar-refractivity contribution >= 4 is 40.9 Å². The summed E-state index contributed by atoms with van der Waals surface area (Å²) in [5.74, 6) is 0.684. The smallest absolute Gasteiger partial charge is 0.226 e. The summed E-state index contributed by atoms with van der Waals surface area (Å²) in [6, 6.07) is 3.48. The fraction of sp³-hybridized carbons (Fsp3) is 0.375. The molecule has 3 aromatic rings. The molecule has 0 saturated heterocycles. The van der Waals surface area contributed by atoms with E-state index in [9.17, 15) is 4.39 Å². The third-order valence-corrected chi connectivity index (χ3v) is 4.22. The lowest BCUT2D eigenvalue weighted by molar-refractivity contribution is 0.518. The first-order valence-electron chi connectivity index (χ1n) is 7.73. The van der Waals surface area contributed by atoms with Crippen molar-refractivity contribution < 1.29 is 8.81 Å². The second-order valence-electron chi connectivity index (χ2n) is 5.66. The highest BCUT2D eigenvalue weighted by atomic mass is 35.5. The van der Waals surface area contributed by atoms with Gasteiger partial charge < -0.3 is 20.0 Å². The summed E-state index contributed by atoms with van der Waals surface area (Å²) in [6.07, 6.45) is 2.76. The molecule has 0 aliphatic carbocycles. The van der Waals surface area contributed by atoms with Gasteiger partial charge in [0.15, 0.2) is 5.82 Å². The Morgan fingerprint density at radius 3 is 2.84 bits per heavy atom. The van der Waals surface area contributed by atoms with Crippen molar-refractivity contribution in [3.8, 4) is 0 Å². The second kappa shape index (κ2) is 8.03. The van der Waals surface area contributed by atoms with Crippen molar-refractivity contribution in [2.75, 3.05) is 5.32 Å². The van der Waals surface area contributed by atoms with Gasteiger partial charge in [-0.15, -0.1) is 12.4 Å². The molecule has 9 heteroatoms. The molecule has 0 aromatic carbocycles. The van der Waals surface area contributed by atoms with Gasteiger partial charge in [-0.05, 0) is 30.2 Å². The van der Waals surface area contributed by atoms with Crippen LogP contribution in [-0.4, -0.2) is 20.6 Å². The normalized spacial score (nSPS) is 12.2. The van der Waals surface area contributed by atoms with Gasteiger partial charge in [0.1, 0.15) is 17.2 Å². The highest BCUT2D eigenvalue weighted by Gasteiger charge is 2.22. The second-order valence-corrected chi connectivity index (χ2v) is 6.00. The Balaban J connectivity index is 0.00000225. The number of nitrogens with one attached hydrogen (secondary N) is 1. The topological polar surface area (TPSA) is 81.9 Å². The first kappa shape index (κ1) is 19.5. The summed E-state index contributed by atoms with van der Waals surface area (Å²) in [5.41, 5.74) is 6.92. The minimum atomic E-state index is -0.366. The maximum atomic E-state index is 15.0. The molecular formula is C16H20Cl2FN5O. The van der Waals surface area contributed by atoms with Crippen molar-refractivity contribution in [1.82, 2.24) is 14.5 Å². The quantitative estimate of drug-likeness (QED) is 0.630. The number of nitrogens with zero attached hydrogens (tertiary/aromatic N) is 3. The van der Waals surface area contributed by atoms with Crippen molar-refractivity contribution in [2.45, 2.75) is 32.4 Å². The van der Waals surface area contributed by atoms with E-state index in [1.807, 2.05) is 13.0 Å². The molecule has 0 unspecified atom stereocenters. The van der Waals surface area contributed by atoms with Gasteiger partial charge in [0, 0.05) is 19.5 Å². The van der Waals surface area contributed by atoms with E-state index in [4.69, 9.17) is 21.8 Å². The fourth-order valence-corrected chi connectivity index (χ4v) is 2.78. The number of rotatable bonds is 6. The van der Waals surface area contributed by atoms with Crippen LogP contribution in [0.25, 0.3) is 11.0 Å². The zero-order valence-corrected chi connectivity index (χ0v) is 15.5. The van der Waals surface area contributed by atoms with E-state index in [-0.39, 0.29) is 29.5 Å². The van der Waals surface area contributed by atoms with Crippen LogP contribution in [0.4, 0.5) is 10.2 Å². The molecule has 0 aliphatic rings. The lowest BCUT2D eigenvalue weighted by atomic mass is 10.1. The van der Waals surface area contributed by atoms with Crippen LogP contribution in [0.5, 0.6) is 0 Å². The Labute approximate surface area is 156 Å². The number of fused-ring (bicyclic) bond motifs is 1. The lowest BCUT2D eigenvalue weighted by Gasteiger charge is -2.09. The third-order valence-electron chi connectivity index (χ3n) is 4.05. The summed E-state index contributed by atoms with van der Waals surface area (Å²) in [5, 5.41) is 3.43. The molecule has 0 amide bonds. The van der Waals surface area contributed by atoms with Gasteiger partial charge in [-0.1, -0.05) is 6.92 Å². The molecule has 136 valence electrons. The maximum Gasteiger partial charge on any atom is 0.226 e. The monoisotopic (exact) mass is 387 g/mol. The number of anilines is 1. The molecule has 0 spiro atoms. The summed E-state index contributed by atoms with van der Waals surface area (Å²) in [6.45, 7) is 2.34. The number of furan rings is 1. The maximum absolute atomic E-state index is 15.0. The van der Waals surface area contributed by atoms with Gasteiger partial charge in [0.05, 0.1) is 23.9 Å². The number of nitrogens with two attached hydrogens (primary N) is 1. The third kappa shape index (κ3) is 3.89. The highest BCUT2D eigenvalue weighted by molar-refractivity contribution is 6.28. The first-order chi connectivity index (χ1) is 11.5. The van der Waals surface area contributed by atoms with Crippen LogP contribution in [0.3, 0.4) is 0 Å². The number of hydrogen-bond acceptors (Lipinski definition) is 5. The summed E-state index contributed by atoms with van der Waals surface area (Å²) in [4.78, 5) is 8.30. The average molecular weight is 388 g/mol. The van der Waals surface area contributed by atoms with Gasteiger partial charge in [-0.2, -0.15) is 9.97 Å². The molecule has 1 atom stereocenters. The molecule has 3 N–H and O–H groups in total. The van der Waals surface area contributed by atoms with Crippen LogP contribution in [0.2, 0.25) is 5.28 Å². The molecule has 3 heterocycles. The van der Waals surface area contributed by atoms with Crippen LogP contribution < -0.4 is 11.1 Å². The van der Waals surface area contributed by atoms with E-state index < -0.39 is 0 Å². The zero-order chi connectivity index (χ0) is 17.3. The standard InChI is InChI=1S/C16H19ClFN5O.ClH/c1-3-9(19)7-11-13(18)12-14(20-8-10-5-4-6-24-10)21-16(17)22-15(12)23(11)2;/h4-6,9H,3,7-8,19H2,1-2H3,(H,20,21,22);1H/t9-;/m0./s1. The van der Waals surface area contributed by atoms with Crippen molar-refractivity contribution in [1.29, 1.82) is 0 Å². The van der Waals surface area contributed by atoms with Crippen LogP contribution in [0, 0.1) is 5.82 Å². The molecule has 0 bridgehead atoms. The van der Waals surface area contributed by atoms with Gasteiger partial charge in [0.25, 0.3) is 0 Å². The average Bonchev–Trinajstić information content (AvgIpc) is 3.16. The Morgan fingerprint density at radius 1 is 1.44 bits per heavy atom. The Bertz CT molecular complexity index is 850. The summed E-state index contributed by atoms with van der Waals surface area (Å²) >= 11 is 6.00. The van der Waals surface area contributed by atoms with Crippen LogP contribution in [-0.2, 0) is 20.0 Å². The van der Waals surface area contributed by atoms with E-state index >= 15 is 0 Å². The fourth-order valence-electron chi connectivity index (χ4n) is 2.62. The molecule has 0 saturated carbocycles. The summed E-state index contributed by atoms with van der Waals surface area (Å²) < 4.78 is 21.9. The molecule has 6 nitrogen and oxygen atoms in total. The molecule has 0 aliphatic heterocycles. The van der Waals surface area contributed by atoms with Crippen LogP contribution in [0.15, 0.2) is 22.8 Å². The molecule has 25 heavy (non-hydrogen) atoms. The Morgan fingerprint density at radius 2 is 2.20 bits per heavy atom. The molecule has 0 fully saturated rings. The van der Waals surface area contributed by atoms with Crippen LogP contribution >= 0.6 is 24.0 Å². The zero-order valence-electron chi connectivity index (χ0n) is 13.9. The first-order valence-corrected chi connectivity index (χ1v) is 8.11. The van der Waals surface area contributed by atoms with E-state index in [0.29, 0.717) is 41.3 Å². The van der Waals surface area contributed by atoms with Crippen molar-refractivity contribution in [2.24, 2.45) is 12.8 Å². The van der Waals surface area contributed by atoms with Gasteiger partial charge in [-0.3, -0.25) is 0 Å². The van der Waals surface area contributed by atoms with Crippen molar-refractivity contribution in [3.05, 3.63) is 41.0 Å². The predicted molar refractivity (Wildman–Crippen MR) is 98.7 cm³/mol. The summed E-state index contributed by atoms with van der Waals surface area (Å²) in [7, 11) is 1.75. The van der Waals surface area contributed by atoms with E-state index in [2.05, 4.69) is 15.3 Å². The minimum Gasteiger partial charge on any atom is -0.467 e.